The van der Waals surface area contributed by atoms with Crippen molar-refractivity contribution in [1.29, 1.82) is 0 Å². The van der Waals surface area contributed by atoms with Crippen LogP contribution in [0, 0.1) is 6.92 Å². The number of benzene rings is 2. The predicted molar refractivity (Wildman–Crippen MR) is 114 cm³/mol. The van der Waals surface area contributed by atoms with Gasteiger partial charge in [-0.2, -0.15) is 0 Å². The highest BCUT2D eigenvalue weighted by molar-refractivity contribution is 6.47. The molecule has 0 amide bonds. The first kappa shape index (κ1) is 20.2. The number of rotatable bonds is 7. The molecular formula is C24H33BO2. The van der Waals surface area contributed by atoms with Gasteiger partial charge in [-0.3, -0.25) is 0 Å². The van der Waals surface area contributed by atoms with Crippen LogP contribution in [0.4, 0.5) is 0 Å². The second-order valence-electron chi connectivity index (χ2n) is 8.82. The molecule has 2 aromatic carbocycles. The normalized spacial score (nSPS) is 19.2. The number of hydrogen-bond donors (Lipinski definition) is 0. The summed E-state index contributed by atoms with van der Waals surface area (Å²) in [6.45, 7) is 10.7. The Balaban J connectivity index is 1.70. The summed E-state index contributed by atoms with van der Waals surface area (Å²) in [5, 5.41) is 0. The second kappa shape index (κ2) is 8.20. The van der Waals surface area contributed by atoms with Crippen molar-refractivity contribution < 1.29 is 9.31 Å². The van der Waals surface area contributed by atoms with Gasteiger partial charge in [0.1, 0.15) is 0 Å². The lowest BCUT2D eigenvalue weighted by Crippen LogP contribution is -2.41. The molecule has 0 N–H and O–H groups in total. The van der Waals surface area contributed by atoms with E-state index in [1.165, 1.54) is 23.1 Å². The van der Waals surface area contributed by atoms with Crippen LogP contribution in [0.5, 0.6) is 0 Å². The maximum atomic E-state index is 6.43. The van der Waals surface area contributed by atoms with Crippen molar-refractivity contribution in [2.75, 3.05) is 0 Å². The minimum atomic E-state index is -0.289. The number of unbranched alkanes of at least 4 members (excludes halogenated alkanes) is 1. The molecule has 3 heteroatoms. The first-order valence-corrected chi connectivity index (χ1v) is 10.3. The molecule has 0 radical (unpaired) electrons. The summed E-state index contributed by atoms with van der Waals surface area (Å²) in [4.78, 5) is 0. The second-order valence-corrected chi connectivity index (χ2v) is 8.82. The Labute approximate surface area is 165 Å². The highest BCUT2D eigenvalue weighted by Crippen LogP contribution is 2.42. The van der Waals surface area contributed by atoms with Crippen LogP contribution < -0.4 is 0 Å². The lowest BCUT2D eigenvalue weighted by Gasteiger charge is -2.32. The van der Waals surface area contributed by atoms with Gasteiger partial charge in [0.05, 0.1) is 11.2 Å². The van der Waals surface area contributed by atoms with Gasteiger partial charge < -0.3 is 9.31 Å². The maximum absolute atomic E-state index is 6.43. The third-order valence-electron chi connectivity index (χ3n) is 6.26. The molecule has 27 heavy (non-hydrogen) atoms. The molecule has 1 aliphatic heterocycles. The molecule has 2 nitrogen and oxygen atoms in total. The summed E-state index contributed by atoms with van der Waals surface area (Å²) in [6, 6.07) is 19.4. The van der Waals surface area contributed by atoms with Crippen molar-refractivity contribution in [3.8, 4) is 0 Å². The van der Waals surface area contributed by atoms with Crippen molar-refractivity contribution in [2.24, 2.45) is 0 Å². The molecule has 0 spiro atoms. The van der Waals surface area contributed by atoms with Gasteiger partial charge in [-0.05, 0) is 70.6 Å². The predicted octanol–water partition coefficient (Wildman–Crippen LogP) is 6.12. The van der Waals surface area contributed by atoms with E-state index in [1.807, 2.05) is 0 Å². The third kappa shape index (κ3) is 4.64. The van der Waals surface area contributed by atoms with Crippen molar-refractivity contribution in [3.63, 3.8) is 0 Å². The van der Waals surface area contributed by atoms with Crippen molar-refractivity contribution >= 4 is 7.12 Å². The quantitative estimate of drug-likeness (QED) is 0.435. The minimum Gasteiger partial charge on any atom is -0.403 e. The molecule has 0 bridgehead atoms. The Morgan fingerprint density at radius 2 is 1.41 bits per heavy atom. The minimum absolute atomic E-state index is 0.187. The van der Waals surface area contributed by atoms with E-state index in [0.717, 1.165) is 19.3 Å². The Morgan fingerprint density at radius 3 is 2.04 bits per heavy atom. The molecule has 0 aliphatic carbocycles. The van der Waals surface area contributed by atoms with Crippen molar-refractivity contribution in [1.82, 2.24) is 0 Å². The lowest BCUT2D eigenvalue weighted by molar-refractivity contribution is 0.00578. The van der Waals surface area contributed by atoms with Crippen LogP contribution in [0.1, 0.15) is 69.5 Å². The molecule has 3 rings (SSSR count). The summed E-state index contributed by atoms with van der Waals surface area (Å²) >= 11 is 0. The molecular weight excluding hydrogens is 331 g/mol. The van der Waals surface area contributed by atoms with Gasteiger partial charge in [-0.25, -0.2) is 0 Å². The lowest BCUT2D eigenvalue weighted by atomic mass is 9.64. The van der Waals surface area contributed by atoms with E-state index in [0.29, 0.717) is 0 Å². The summed E-state index contributed by atoms with van der Waals surface area (Å²) in [6.07, 6.45) is 4.56. The van der Waals surface area contributed by atoms with E-state index >= 15 is 0 Å². The van der Waals surface area contributed by atoms with E-state index in [1.54, 1.807) is 0 Å². The summed E-state index contributed by atoms with van der Waals surface area (Å²) < 4.78 is 12.9. The molecule has 1 fully saturated rings. The Bertz CT molecular complexity index is 723. The highest BCUT2D eigenvalue weighted by Gasteiger charge is 2.53. The smallest absolute Gasteiger partial charge is 0.403 e. The van der Waals surface area contributed by atoms with E-state index in [-0.39, 0.29) is 24.1 Å². The Morgan fingerprint density at radius 1 is 0.815 bits per heavy atom. The number of aryl methyl sites for hydroxylation is 2. The monoisotopic (exact) mass is 364 g/mol. The van der Waals surface area contributed by atoms with Crippen LogP contribution in [0.2, 0.25) is 0 Å². The standard InChI is InChI=1S/C24H33BO2/c1-19-13-9-11-17-21(19)22(25-26-23(2,3)24(4,5)27-25)18-12-10-16-20-14-7-6-8-15-20/h6-9,11,13-15,17,22H,10,12,16,18H2,1-5H3. The van der Waals surface area contributed by atoms with Crippen LogP contribution in [0.3, 0.4) is 0 Å². The van der Waals surface area contributed by atoms with Gasteiger partial charge in [0, 0.05) is 5.82 Å². The molecule has 1 unspecified atom stereocenters. The molecule has 1 aliphatic rings. The summed E-state index contributed by atoms with van der Waals surface area (Å²) in [7, 11) is -0.187. The fraction of sp³-hybridized carbons (Fsp3) is 0.500. The molecule has 0 saturated carbocycles. The zero-order valence-corrected chi connectivity index (χ0v) is 17.5. The summed E-state index contributed by atoms with van der Waals surface area (Å²) in [5.74, 6) is 0.267. The van der Waals surface area contributed by atoms with Crippen LogP contribution in [0.15, 0.2) is 54.6 Å². The van der Waals surface area contributed by atoms with Gasteiger partial charge in [0.2, 0.25) is 0 Å². The third-order valence-corrected chi connectivity index (χ3v) is 6.26. The van der Waals surface area contributed by atoms with Gasteiger partial charge in [-0.1, -0.05) is 61.0 Å². The molecule has 0 aromatic heterocycles. The van der Waals surface area contributed by atoms with E-state index in [2.05, 4.69) is 89.2 Å². The van der Waals surface area contributed by atoms with Crippen molar-refractivity contribution in [2.45, 2.75) is 77.3 Å². The zero-order valence-electron chi connectivity index (χ0n) is 17.5. The topological polar surface area (TPSA) is 18.5 Å². The van der Waals surface area contributed by atoms with E-state index in [9.17, 15) is 0 Å². The number of hydrogen-bond acceptors (Lipinski definition) is 2. The fourth-order valence-corrected chi connectivity index (χ4v) is 3.83. The average molecular weight is 364 g/mol. The first-order chi connectivity index (χ1) is 12.8. The maximum Gasteiger partial charge on any atom is 0.465 e. The van der Waals surface area contributed by atoms with Gasteiger partial charge in [0.25, 0.3) is 0 Å². The molecule has 1 atom stereocenters. The van der Waals surface area contributed by atoms with Crippen LogP contribution in [0.25, 0.3) is 0 Å². The zero-order chi connectivity index (χ0) is 19.5. The SMILES string of the molecule is Cc1ccccc1C(CCCCc1ccccc1)B1OC(C)(C)C(C)(C)O1. The van der Waals surface area contributed by atoms with Gasteiger partial charge in [0.15, 0.2) is 0 Å². The Hall–Kier alpha value is -1.58. The molecule has 2 aromatic rings. The van der Waals surface area contributed by atoms with E-state index in [4.69, 9.17) is 9.31 Å². The van der Waals surface area contributed by atoms with Gasteiger partial charge >= 0.3 is 7.12 Å². The van der Waals surface area contributed by atoms with E-state index < -0.39 is 0 Å². The largest absolute Gasteiger partial charge is 0.465 e. The highest BCUT2D eigenvalue weighted by atomic mass is 16.7. The van der Waals surface area contributed by atoms with Gasteiger partial charge in [-0.15, -0.1) is 0 Å². The average Bonchev–Trinajstić information content (AvgIpc) is 2.84. The fourth-order valence-electron chi connectivity index (χ4n) is 3.83. The van der Waals surface area contributed by atoms with Crippen LogP contribution in [-0.4, -0.2) is 18.3 Å². The first-order valence-electron chi connectivity index (χ1n) is 10.3. The van der Waals surface area contributed by atoms with Crippen LogP contribution >= 0.6 is 0 Å². The molecule has 1 heterocycles. The summed E-state index contributed by atoms with van der Waals surface area (Å²) in [5.41, 5.74) is 3.52. The van der Waals surface area contributed by atoms with Crippen LogP contribution in [-0.2, 0) is 15.7 Å². The van der Waals surface area contributed by atoms with Crippen molar-refractivity contribution in [3.05, 3.63) is 71.3 Å². The molecule has 1 saturated heterocycles. The Kier molecular flexibility index (Phi) is 6.13. The molecule has 144 valence electrons.